The van der Waals surface area contributed by atoms with Gasteiger partial charge in [-0.3, -0.25) is 18.9 Å². The molecule has 2 aromatic rings. The van der Waals surface area contributed by atoms with Gasteiger partial charge >= 0.3 is 5.69 Å². The van der Waals surface area contributed by atoms with Crippen LogP contribution < -0.4 is 11.2 Å². The third-order valence-electron chi connectivity index (χ3n) is 5.44. The second-order valence-electron chi connectivity index (χ2n) is 7.61. The Bertz CT molecular complexity index is 1090. The van der Waals surface area contributed by atoms with E-state index in [2.05, 4.69) is 4.99 Å². The molecule has 32 heavy (non-hydrogen) atoms. The fraction of sp³-hybridized carbons (Fsp3) is 0.476. The molecule has 4 N–H and O–H groups in total. The van der Waals surface area contributed by atoms with E-state index in [-0.39, 0.29) is 17.9 Å². The molecule has 1 aromatic carbocycles. The summed E-state index contributed by atoms with van der Waals surface area (Å²) in [6, 6.07) is 7.97. The van der Waals surface area contributed by atoms with Crippen LogP contribution >= 0.6 is 0 Å². The Hall–Kier alpha value is -2.83. The van der Waals surface area contributed by atoms with Crippen LogP contribution in [0.4, 0.5) is 0 Å². The minimum Gasteiger partial charge on any atom is -0.494 e. The molecule has 0 radical (unpaired) electrons. The molecule has 0 saturated carbocycles. The summed E-state index contributed by atoms with van der Waals surface area (Å²) in [5.41, 5.74) is -0.887. The van der Waals surface area contributed by atoms with E-state index in [4.69, 9.17) is 9.47 Å². The highest BCUT2D eigenvalue weighted by molar-refractivity contribution is 6.00. The Balaban J connectivity index is 1.99. The number of hydrogen-bond acceptors (Lipinski definition) is 9. The Morgan fingerprint density at radius 1 is 1.12 bits per heavy atom. The molecule has 1 saturated heterocycles. The molecule has 11 heteroatoms. The summed E-state index contributed by atoms with van der Waals surface area (Å²) < 4.78 is 13.1. The van der Waals surface area contributed by atoms with Crippen molar-refractivity contribution in [2.24, 2.45) is 19.1 Å². The second kappa shape index (κ2) is 9.76. The summed E-state index contributed by atoms with van der Waals surface area (Å²) in [6.45, 7) is 0.970. The van der Waals surface area contributed by atoms with Crippen LogP contribution in [0.25, 0.3) is 0 Å². The molecule has 5 atom stereocenters. The van der Waals surface area contributed by atoms with Crippen molar-refractivity contribution in [1.82, 2.24) is 9.13 Å². The molecular weight excluding hydrogens is 422 g/mol. The maximum atomic E-state index is 12.6. The zero-order valence-corrected chi connectivity index (χ0v) is 18.0. The van der Waals surface area contributed by atoms with E-state index in [0.717, 1.165) is 14.7 Å². The normalized spacial score (nSPS) is 26.3. The van der Waals surface area contributed by atoms with Crippen LogP contribution in [-0.2, 0) is 30.2 Å². The fourth-order valence-corrected chi connectivity index (χ4v) is 3.53. The zero-order valence-electron chi connectivity index (χ0n) is 18.0. The van der Waals surface area contributed by atoms with Crippen molar-refractivity contribution < 1.29 is 29.9 Å². The maximum absolute atomic E-state index is 12.6. The molecule has 0 aliphatic carbocycles. The number of aliphatic hydroxyl groups is 3. The first-order valence-electron chi connectivity index (χ1n) is 9.99. The first-order chi connectivity index (χ1) is 15.2. The van der Waals surface area contributed by atoms with E-state index in [1.54, 1.807) is 0 Å². The van der Waals surface area contributed by atoms with Crippen LogP contribution in [0, 0.1) is 0 Å². The number of aromatic hydroxyl groups is 1. The summed E-state index contributed by atoms with van der Waals surface area (Å²) in [5, 5.41) is 40.8. The van der Waals surface area contributed by atoms with Crippen LogP contribution in [0.5, 0.6) is 5.88 Å². The van der Waals surface area contributed by atoms with Gasteiger partial charge in [-0.05, 0) is 12.5 Å². The Morgan fingerprint density at radius 2 is 1.78 bits per heavy atom. The third-order valence-corrected chi connectivity index (χ3v) is 5.44. The monoisotopic (exact) mass is 449 g/mol. The lowest BCUT2D eigenvalue weighted by molar-refractivity contribution is -0.268. The Morgan fingerprint density at radius 3 is 2.41 bits per heavy atom. The molecular formula is C21H27N3O8. The van der Waals surface area contributed by atoms with Gasteiger partial charge in [0.25, 0.3) is 5.56 Å². The molecule has 11 nitrogen and oxygen atoms in total. The summed E-state index contributed by atoms with van der Waals surface area (Å²) in [6.07, 6.45) is -5.22. The van der Waals surface area contributed by atoms with E-state index in [1.165, 1.54) is 21.0 Å². The lowest BCUT2D eigenvalue weighted by Gasteiger charge is -2.40. The van der Waals surface area contributed by atoms with Gasteiger partial charge in [0, 0.05) is 14.1 Å². The fourth-order valence-electron chi connectivity index (χ4n) is 3.53. The average Bonchev–Trinajstić information content (AvgIpc) is 2.79. The van der Waals surface area contributed by atoms with E-state index in [1.807, 2.05) is 30.3 Å². The van der Waals surface area contributed by atoms with Gasteiger partial charge in [-0.15, -0.1) is 0 Å². The molecule has 0 unspecified atom stereocenters. The molecule has 1 aliphatic heterocycles. The number of aliphatic imine (C=N–C) groups is 1. The van der Waals surface area contributed by atoms with Gasteiger partial charge < -0.3 is 29.9 Å². The Labute approximate surface area is 183 Å². The topological polar surface area (TPSA) is 156 Å². The third kappa shape index (κ3) is 4.52. The van der Waals surface area contributed by atoms with Crippen LogP contribution in [0.1, 0.15) is 18.1 Å². The van der Waals surface area contributed by atoms with Crippen molar-refractivity contribution in [2.75, 3.05) is 6.61 Å². The van der Waals surface area contributed by atoms with Crippen molar-refractivity contribution in [3.63, 3.8) is 0 Å². The lowest BCUT2D eigenvalue weighted by Crippen LogP contribution is -2.58. The van der Waals surface area contributed by atoms with E-state index in [9.17, 15) is 30.0 Å². The van der Waals surface area contributed by atoms with Crippen molar-refractivity contribution in [3.05, 3.63) is 62.3 Å². The van der Waals surface area contributed by atoms with E-state index >= 15 is 0 Å². The number of aliphatic hydroxyl groups excluding tert-OH is 3. The predicted molar refractivity (Wildman–Crippen MR) is 114 cm³/mol. The number of benzene rings is 1. The quantitative estimate of drug-likeness (QED) is 0.394. The molecule has 0 bridgehead atoms. The number of rotatable bonds is 6. The molecule has 1 aliphatic rings. The number of hydrogen-bond donors (Lipinski definition) is 4. The van der Waals surface area contributed by atoms with E-state index in [0.29, 0.717) is 0 Å². The minimum atomic E-state index is -1.49. The molecule has 0 spiro atoms. The van der Waals surface area contributed by atoms with Gasteiger partial charge in [0.15, 0.2) is 6.29 Å². The van der Waals surface area contributed by atoms with Crippen LogP contribution in [0.2, 0.25) is 0 Å². The highest BCUT2D eigenvalue weighted by atomic mass is 16.7. The average molecular weight is 449 g/mol. The SMILES string of the molecule is CC(=N[C@@H]1[C@@H](OCc2ccccc2)O[C@H](CO)[C@@H](O)[C@@H]1O)c1c(O)n(C)c(=O)n(C)c1=O. The number of nitrogens with zero attached hydrogens (tertiary/aromatic N) is 3. The zero-order chi connectivity index (χ0) is 23.6. The van der Waals surface area contributed by atoms with Crippen molar-refractivity contribution in [2.45, 2.75) is 44.2 Å². The van der Waals surface area contributed by atoms with Gasteiger partial charge in [-0.1, -0.05) is 30.3 Å². The second-order valence-corrected chi connectivity index (χ2v) is 7.61. The van der Waals surface area contributed by atoms with Crippen LogP contribution in [0.3, 0.4) is 0 Å². The number of ether oxygens (including phenoxy) is 2. The van der Waals surface area contributed by atoms with E-state index < -0.39 is 54.4 Å². The summed E-state index contributed by atoms with van der Waals surface area (Å²) >= 11 is 0. The van der Waals surface area contributed by atoms with Crippen LogP contribution in [-0.4, -0.2) is 72.5 Å². The van der Waals surface area contributed by atoms with Gasteiger partial charge in [-0.2, -0.15) is 0 Å². The Kier molecular flexibility index (Phi) is 7.26. The minimum absolute atomic E-state index is 0.00862. The smallest absolute Gasteiger partial charge is 0.333 e. The predicted octanol–water partition coefficient (Wildman–Crippen LogP) is -1.38. The van der Waals surface area contributed by atoms with Gasteiger partial charge in [0.05, 0.1) is 18.9 Å². The summed E-state index contributed by atoms with van der Waals surface area (Å²) in [7, 11) is 2.56. The molecule has 3 rings (SSSR count). The molecule has 174 valence electrons. The first kappa shape index (κ1) is 23.8. The van der Waals surface area contributed by atoms with Crippen molar-refractivity contribution in [3.8, 4) is 5.88 Å². The van der Waals surface area contributed by atoms with Gasteiger partial charge in [0.1, 0.15) is 29.9 Å². The molecule has 2 heterocycles. The van der Waals surface area contributed by atoms with Crippen molar-refractivity contribution >= 4 is 5.71 Å². The number of aromatic nitrogens is 2. The molecule has 0 amide bonds. The van der Waals surface area contributed by atoms with Crippen molar-refractivity contribution in [1.29, 1.82) is 0 Å². The summed E-state index contributed by atoms with van der Waals surface area (Å²) in [5.74, 6) is -0.582. The van der Waals surface area contributed by atoms with Crippen LogP contribution in [0.15, 0.2) is 44.9 Å². The maximum Gasteiger partial charge on any atom is 0.333 e. The largest absolute Gasteiger partial charge is 0.494 e. The lowest BCUT2D eigenvalue weighted by atomic mass is 9.97. The molecule has 1 aromatic heterocycles. The first-order valence-corrected chi connectivity index (χ1v) is 9.99. The summed E-state index contributed by atoms with van der Waals surface area (Å²) in [4.78, 5) is 28.9. The highest BCUT2D eigenvalue weighted by Crippen LogP contribution is 2.26. The van der Waals surface area contributed by atoms with Gasteiger partial charge in [-0.25, -0.2) is 4.79 Å². The standard InChI is InChI=1S/C21H27N3O8/c1-11(14-18(28)23(2)21(30)24(3)19(14)29)22-15-17(27)16(26)13(9-25)32-20(15)31-10-12-7-5-4-6-8-12/h4-8,13,15-17,20,25-28H,9-10H2,1-3H3/t13-,15+,16-,17-,20+/m1/s1. The highest BCUT2D eigenvalue weighted by Gasteiger charge is 2.45. The van der Waals surface area contributed by atoms with Gasteiger partial charge in [0.2, 0.25) is 5.88 Å². The molecule has 1 fully saturated rings.